The molecule has 190 valence electrons. The van der Waals surface area contributed by atoms with Crippen molar-refractivity contribution >= 4 is 17.5 Å². The third-order valence-corrected chi connectivity index (χ3v) is 7.16. The van der Waals surface area contributed by atoms with Crippen molar-refractivity contribution in [3.63, 3.8) is 0 Å². The standard InChI is InChI=1S/C26H28F3N5O2/c1-2-31-24(35)21-16-34(25(36)23-5-3-4-10-32-23)15-20(21)17-8-11-33(12-9-17)19-7-6-18(14-30)22(13-19)26(27,28)29/h3-7,10,13,17,20-21H,2,8-9,11-12,15-16H2,1H3,(H,31,35)/t20-,21+/m0/s1. The van der Waals surface area contributed by atoms with E-state index in [1.54, 1.807) is 41.4 Å². The average Bonchev–Trinajstić information content (AvgIpc) is 3.34. The highest BCUT2D eigenvalue weighted by molar-refractivity contribution is 5.93. The molecule has 2 aliphatic rings. The maximum atomic E-state index is 13.4. The lowest BCUT2D eigenvalue weighted by atomic mass is 9.78. The number of aromatic nitrogens is 1. The molecule has 1 N–H and O–H groups in total. The summed E-state index contributed by atoms with van der Waals surface area (Å²) in [7, 11) is 0. The van der Waals surface area contributed by atoms with E-state index in [9.17, 15) is 22.8 Å². The molecule has 1 aromatic heterocycles. The van der Waals surface area contributed by atoms with Gasteiger partial charge in [-0.3, -0.25) is 14.6 Å². The second-order valence-electron chi connectivity index (χ2n) is 9.25. The maximum Gasteiger partial charge on any atom is 0.417 e. The maximum absolute atomic E-state index is 13.4. The van der Waals surface area contributed by atoms with Crippen LogP contribution >= 0.6 is 0 Å². The van der Waals surface area contributed by atoms with Gasteiger partial charge in [-0.05, 0) is 61.9 Å². The quantitative estimate of drug-likeness (QED) is 0.678. The number of hydrogen-bond donors (Lipinski definition) is 1. The molecule has 7 nitrogen and oxygen atoms in total. The molecular formula is C26H28F3N5O2. The summed E-state index contributed by atoms with van der Waals surface area (Å²) in [5.41, 5.74) is -0.558. The Morgan fingerprint density at radius 1 is 1.17 bits per heavy atom. The summed E-state index contributed by atoms with van der Waals surface area (Å²) in [6.07, 6.45) is -1.67. The molecule has 0 radical (unpaired) electrons. The van der Waals surface area contributed by atoms with Gasteiger partial charge in [0, 0.05) is 44.6 Å². The van der Waals surface area contributed by atoms with E-state index >= 15 is 0 Å². The molecule has 10 heteroatoms. The Morgan fingerprint density at radius 2 is 1.92 bits per heavy atom. The van der Waals surface area contributed by atoms with Crippen LogP contribution in [0.4, 0.5) is 18.9 Å². The van der Waals surface area contributed by atoms with Gasteiger partial charge in [0.15, 0.2) is 0 Å². The van der Waals surface area contributed by atoms with E-state index in [4.69, 9.17) is 5.26 Å². The molecule has 0 spiro atoms. The molecule has 0 saturated carbocycles. The summed E-state index contributed by atoms with van der Waals surface area (Å²) in [5.74, 6) is -0.528. The first kappa shape index (κ1) is 25.5. The van der Waals surface area contributed by atoms with Crippen LogP contribution in [0.1, 0.15) is 41.4 Å². The number of anilines is 1. The summed E-state index contributed by atoms with van der Waals surface area (Å²) in [6, 6.07) is 10.6. The van der Waals surface area contributed by atoms with Crippen LogP contribution < -0.4 is 10.2 Å². The molecule has 2 aromatic rings. The van der Waals surface area contributed by atoms with Crippen LogP contribution in [0, 0.1) is 29.1 Å². The Hall–Kier alpha value is -3.61. The molecule has 0 unspecified atom stereocenters. The number of nitrogens with zero attached hydrogens (tertiary/aromatic N) is 4. The third-order valence-electron chi connectivity index (χ3n) is 7.16. The zero-order valence-electron chi connectivity index (χ0n) is 20.0. The van der Waals surface area contributed by atoms with E-state index in [-0.39, 0.29) is 29.6 Å². The van der Waals surface area contributed by atoms with Gasteiger partial charge in [-0.1, -0.05) is 6.07 Å². The minimum Gasteiger partial charge on any atom is -0.372 e. The third kappa shape index (κ3) is 5.30. The van der Waals surface area contributed by atoms with Crippen molar-refractivity contribution in [3.8, 4) is 6.07 Å². The molecule has 0 aliphatic carbocycles. The fraction of sp³-hybridized carbons (Fsp3) is 0.462. The zero-order valence-corrected chi connectivity index (χ0v) is 20.0. The Labute approximate surface area is 207 Å². The van der Waals surface area contributed by atoms with Gasteiger partial charge in [-0.2, -0.15) is 18.4 Å². The summed E-state index contributed by atoms with van der Waals surface area (Å²) in [4.78, 5) is 33.6. The summed E-state index contributed by atoms with van der Waals surface area (Å²) in [6.45, 7) is 4.16. The fourth-order valence-corrected chi connectivity index (χ4v) is 5.35. The summed E-state index contributed by atoms with van der Waals surface area (Å²) in [5, 5.41) is 11.9. The van der Waals surface area contributed by atoms with E-state index in [1.165, 1.54) is 6.07 Å². The van der Waals surface area contributed by atoms with Crippen LogP contribution in [-0.2, 0) is 11.0 Å². The molecule has 2 saturated heterocycles. The average molecular weight is 500 g/mol. The number of nitrogens with one attached hydrogen (secondary N) is 1. The van der Waals surface area contributed by atoms with Crippen LogP contribution in [-0.4, -0.2) is 54.4 Å². The van der Waals surface area contributed by atoms with E-state index in [1.807, 2.05) is 11.8 Å². The highest BCUT2D eigenvalue weighted by Gasteiger charge is 2.44. The van der Waals surface area contributed by atoms with Crippen LogP contribution in [0.5, 0.6) is 0 Å². The molecule has 36 heavy (non-hydrogen) atoms. The molecule has 1 aromatic carbocycles. The van der Waals surface area contributed by atoms with E-state index < -0.39 is 17.3 Å². The first-order valence-corrected chi connectivity index (χ1v) is 12.1. The van der Waals surface area contributed by atoms with Crippen LogP contribution in [0.25, 0.3) is 0 Å². The van der Waals surface area contributed by atoms with E-state index in [0.29, 0.717) is 56.9 Å². The number of carbonyl (C=O) groups excluding carboxylic acids is 2. The summed E-state index contributed by atoms with van der Waals surface area (Å²) >= 11 is 0. The van der Waals surface area contributed by atoms with Crippen molar-refractivity contribution in [3.05, 3.63) is 59.4 Å². The first-order valence-electron chi connectivity index (χ1n) is 12.1. The Bertz CT molecular complexity index is 1140. The Kier molecular flexibility index (Phi) is 7.48. The number of piperidine rings is 1. The van der Waals surface area contributed by atoms with Gasteiger partial charge in [-0.15, -0.1) is 0 Å². The monoisotopic (exact) mass is 499 g/mol. The number of amides is 2. The number of hydrogen-bond acceptors (Lipinski definition) is 5. The number of benzene rings is 1. The van der Waals surface area contributed by atoms with Crippen LogP contribution in [0.15, 0.2) is 42.6 Å². The number of pyridine rings is 1. The van der Waals surface area contributed by atoms with Crippen LogP contribution in [0.3, 0.4) is 0 Å². The van der Waals surface area contributed by atoms with Crippen LogP contribution in [0.2, 0.25) is 0 Å². The second-order valence-corrected chi connectivity index (χ2v) is 9.25. The predicted octanol–water partition coefficient (Wildman–Crippen LogP) is 3.71. The van der Waals surface area contributed by atoms with Gasteiger partial charge in [-0.25, -0.2) is 0 Å². The highest BCUT2D eigenvalue weighted by Crippen LogP contribution is 2.39. The van der Waals surface area contributed by atoms with Crippen molar-refractivity contribution in [2.75, 3.05) is 37.6 Å². The van der Waals surface area contributed by atoms with Gasteiger partial charge in [0.05, 0.1) is 23.1 Å². The lowest BCUT2D eigenvalue weighted by Crippen LogP contribution is -2.41. The number of likely N-dealkylation sites (tertiary alicyclic amines) is 1. The molecule has 0 bridgehead atoms. The highest BCUT2D eigenvalue weighted by atomic mass is 19.4. The fourth-order valence-electron chi connectivity index (χ4n) is 5.35. The Morgan fingerprint density at radius 3 is 2.53 bits per heavy atom. The molecular weight excluding hydrogens is 471 g/mol. The Balaban J connectivity index is 1.48. The van der Waals surface area contributed by atoms with E-state index in [2.05, 4.69) is 10.3 Å². The number of halogens is 3. The molecule has 2 fully saturated rings. The van der Waals surface area contributed by atoms with Gasteiger partial charge in [0.1, 0.15) is 5.69 Å². The lowest BCUT2D eigenvalue weighted by molar-refractivity contribution is -0.137. The predicted molar refractivity (Wildman–Crippen MR) is 127 cm³/mol. The van der Waals surface area contributed by atoms with Crippen molar-refractivity contribution in [1.82, 2.24) is 15.2 Å². The molecule has 4 rings (SSSR count). The van der Waals surface area contributed by atoms with Crippen molar-refractivity contribution < 1.29 is 22.8 Å². The summed E-state index contributed by atoms with van der Waals surface area (Å²) < 4.78 is 40.2. The number of carbonyl (C=O) groups is 2. The molecule has 3 heterocycles. The number of alkyl halides is 3. The lowest BCUT2D eigenvalue weighted by Gasteiger charge is -2.37. The second kappa shape index (κ2) is 10.6. The number of rotatable bonds is 5. The number of nitriles is 1. The van der Waals surface area contributed by atoms with E-state index in [0.717, 1.165) is 6.07 Å². The van der Waals surface area contributed by atoms with Gasteiger partial charge in [0.2, 0.25) is 5.91 Å². The minimum absolute atomic E-state index is 0.0435. The first-order chi connectivity index (χ1) is 17.2. The van der Waals surface area contributed by atoms with Crippen molar-refractivity contribution in [1.29, 1.82) is 5.26 Å². The van der Waals surface area contributed by atoms with Crippen molar-refractivity contribution in [2.24, 2.45) is 17.8 Å². The normalized spacial score (nSPS) is 20.8. The molecule has 2 aliphatic heterocycles. The smallest absolute Gasteiger partial charge is 0.372 e. The molecule has 2 atom stereocenters. The van der Waals surface area contributed by atoms with Gasteiger partial charge >= 0.3 is 6.18 Å². The minimum atomic E-state index is -4.60. The topological polar surface area (TPSA) is 89.3 Å². The zero-order chi connectivity index (χ0) is 25.9. The van der Waals surface area contributed by atoms with Gasteiger partial charge in [0.25, 0.3) is 5.91 Å². The van der Waals surface area contributed by atoms with Gasteiger partial charge < -0.3 is 15.1 Å². The molecule has 2 amide bonds. The SMILES string of the molecule is CCNC(=O)[C@@H]1CN(C(=O)c2ccccn2)C[C@H]1C1CCN(c2ccc(C#N)c(C(F)(F)F)c2)CC1. The largest absolute Gasteiger partial charge is 0.417 e. The van der Waals surface area contributed by atoms with Crippen molar-refractivity contribution in [2.45, 2.75) is 25.9 Å².